The molecule has 0 saturated carbocycles. The van der Waals surface area contributed by atoms with Crippen molar-refractivity contribution in [1.29, 1.82) is 0 Å². The largest absolute Gasteiger partial charge is 0.496 e. The van der Waals surface area contributed by atoms with E-state index in [4.69, 9.17) is 16.3 Å². The highest BCUT2D eigenvalue weighted by molar-refractivity contribution is 7.90. The second kappa shape index (κ2) is 6.21. The smallest absolute Gasteiger partial charge is 0.177 e. The molecule has 0 atom stereocenters. The molecule has 3 aromatic rings. The van der Waals surface area contributed by atoms with Gasteiger partial charge in [-0.3, -0.25) is 4.57 Å². The third-order valence-corrected chi connectivity index (χ3v) is 4.76. The molecule has 7 nitrogen and oxygen atoms in total. The van der Waals surface area contributed by atoms with E-state index in [9.17, 15) is 8.42 Å². The Morgan fingerprint density at radius 3 is 2.58 bits per heavy atom. The minimum atomic E-state index is -3.31. The number of rotatable bonds is 4. The number of pyridine rings is 2. The van der Waals surface area contributed by atoms with E-state index < -0.39 is 9.84 Å². The lowest BCUT2D eigenvalue weighted by Gasteiger charge is -2.12. The number of hydrogen-bond donors (Lipinski definition) is 0. The molecule has 24 heavy (non-hydrogen) atoms. The first-order valence-electron chi connectivity index (χ1n) is 6.79. The summed E-state index contributed by atoms with van der Waals surface area (Å²) in [6.45, 7) is 0. The fourth-order valence-electron chi connectivity index (χ4n) is 2.22. The number of methoxy groups -OCH3 is 1. The van der Waals surface area contributed by atoms with E-state index in [2.05, 4.69) is 15.0 Å². The fourth-order valence-corrected chi connectivity index (χ4v) is 3.02. The van der Waals surface area contributed by atoms with Crippen LogP contribution in [0.2, 0.25) is 5.15 Å². The summed E-state index contributed by atoms with van der Waals surface area (Å²) in [5.74, 6) is 1.04. The monoisotopic (exact) mass is 364 g/mol. The van der Waals surface area contributed by atoms with E-state index in [0.29, 0.717) is 22.8 Å². The van der Waals surface area contributed by atoms with Crippen molar-refractivity contribution in [2.24, 2.45) is 0 Å². The first kappa shape index (κ1) is 16.4. The molecule has 124 valence electrons. The highest BCUT2D eigenvalue weighted by Gasteiger charge is 2.17. The highest BCUT2D eigenvalue weighted by Crippen LogP contribution is 2.35. The van der Waals surface area contributed by atoms with Gasteiger partial charge in [-0.05, 0) is 18.2 Å². The predicted molar refractivity (Wildman–Crippen MR) is 89.3 cm³/mol. The van der Waals surface area contributed by atoms with E-state index in [0.717, 1.165) is 6.26 Å². The second-order valence-electron chi connectivity index (χ2n) is 4.95. The van der Waals surface area contributed by atoms with Crippen molar-refractivity contribution >= 4 is 21.4 Å². The van der Waals surface area contributed by atoms with E-state index in [1.165, 1.54) is 19.4 Å². The molecule has 0 aliphatic heterocycles. The molecule has 3 aromatic heterocycles. The summed E-state index contributed by atoms with van der Waals surface area (Å²) < 4.78 is 30.1. The molecule has 0 aliphatic carbocycles. The number of halogens is 1. The molecule has 3 rings (SSSR count). The number of imidazole rings is 1. The summed E-state index contributed by atoms with van der Waals surface area (Å²) in [6.07, 6.45) is 7.14. The Bertz CT molecular complexity index is 984. The van der Waals surface area contributed by atoms with E-state index >= 15 is 0 Å². The van der Waals surface area contributed by atoms with Crippen molar-refractivity contribution in [3.8, 4) is 22.8 Å². The molecular weight excluding hydrogens is 352 g/mol. The third-order valence-electron chi connectivity index (χ3n) is 3.38. The first-order valence-corrected chi connectivity index (χ1v) is 9.06. The Kier molecular flexibility index (Phi) is 4.25. The van der Waals surface area contributed by atoms with E-state index in [1.807, 2.05) is 0 Å². The van der Waals surface area contributed by atoms with E-state index in [1.54, 1.807) is 35.4 Å². The van der Waals surface area contributed by atoms with Gasteiger partial charge in [-0.2, -0.15) is 0 Å². The van der Waals surface area contributed by atoms with Gasteiger partial charge in [0.15, 0.2) is 9.84 Å². The Morgan fingerprint density at radius 2 is 1.96 bits per heavy atom. The van der Waals surface area contributed by atoms with Crippen LogP contribution in [0.5, 0.6) is 5.75 Å². The zero-order chi connectivity index (χ0) is 17.3. The summed E-state index contributed by atoms with van der Waals surface area (Å²) in [4.78, 5) is 12.5. The average Bonchev–Trinajstić information content (AvgIpc) is 3.03. The molecular formula is C15H13ClN4O3S. The number of nitrogens with zero attached hydrogens (tertiary/aromatic N) is 4. The van der Waals surface area contributed by atoms with Crippen LogP contribution in [-0.4, -0.2) is 41.3 Å². The van der Waals surface area contributed by atoms with Gasteiger partial charge in [-0.1, -0.05) is 11.6 Å². The normalized spacial score (nSPS) is 11.5. The van der Waals surface area contributed by atoms with Gasteiger partial charge in [0.25, 0.3) is 0 Å². The van der Waals surface area contributed by atoms with Gasteiger partial charge in [0.2, 0.25) is 0 Å². The summed E-state index contributed by atoms with van der Waals surface area (Å²) in [5.41, 5.74) is 1.21. The maximum atomic E-state index is 11.5. The van der Waals surface area contributed by atoms with Crippen LogP contribution in [0.25, 0.3) is 17.1 Å². The van der Waals surface area contributed by atoms with Crippen molar-refractivity contribution in [1.82, 2.24) is 19.5 Å². The van der Waals surface area contributed by atoms with Crippen molar-refractivity contribution in [2.75, 3.05) is 13.4 Å². The fraction of sp³-hybridized carbons (Fsp3) is 0.133. The van der Waals surface area contributed by atoms with Gasteiger partial charge < -0.3 is 4.74 Å². The molecule has 0 saturated heterocycles. The van der Waals surface area contributed by atoms with E-state index in [-0.39, 0.29) is 10.0 Å². The van der Waals surface area contributed by atoms with Gasteiger partial charge >= 0.3 is 0 Å². The molecule has 0 radical (unpaired) electrons. The van der Waals surface area contributed by atoms with Crippen molar-refractivity contribution < 1.29 is 13.2 Å². The van der Waals surface area contributed by atoms with Gasteiger partial charge in [-0.25, -0.2) is 23.4 Å². The molecule has 0 spiro atoms. The third kappa shape index (κ3) is 2.98. The molecule has 0 fully saturated rings. The summed E-state index contributed by atoms with van der Waals surface area (Å²) in [6, 6.07) is 4.78. The lowest BCUT2D eigenvalue weighted by atomic mass is 10.2. The average molecular weight is 365 g/mol. The minimum absolute atomic E-state index is 0.143. The Hall–Kier alpha value is -2.45. The lowest BCUT2D eigenvalue weighted by molar-refractivity contribution is 0.415. The topological polar surface area (TPSA) is 87.0 Å². The van der Waals surface area contributed by atoms with Crippen LogP contribution in [0.1, 0.15) is 0 Å². The molecule has 0 N–H and O–H groups in total. The highest BCUT2D eigenvalue weighted by atomic mass is 35.5. The molecule has 9 heteroatoms. The number of sulfone groups is 1. The van der Waals surface area contributed by atoms with Crippen molar-refractivity contribution in [3.63, 3.8) is 0 Å². The van der Waals surface area contributed by atoms with Crippen LogP contribution in [0, 0.1) is 0 Å². The van der Waals surface area contributed by atoms with Crippen LogP contribution >= 0.6 is 11.6 Å². The molecule has 0 unspecified atom stereocenters. The van der Waals surface area contributed by atoms with Gasteiger partial charge in [0, 0.05) is 18.6 Å². The molecule has 0 bridgehead atoms. The van der Waals surface area contributed by atoms with Crippen LogP contribution in [0.4, 0.5) is 0 Å². The van der Waals surface area contributed by atoms with Gasteiger partial charge in [0.1, 0.15) is 23.0 Å². The zero-order valence-corrected chi connectivity index (χ0v) is 14.4. The molecule has 0 aliphatic rings. The lowest BCUT2D eigenvalue weighted by Crippen LogP contribution is -2.03. The van der Waals surface area contributed by atoms with Crippen LogP contribution in [0.3, 0.4) is 0 Å². The Morgan fingerprint density at radius 1 is 1.17 bits per heavy atom. The van der Waals surface area contributed by atoms with Crippen LogP contribution in [-0.2, 0) is 9.84 Å². The molecule has 3 heterocycles. The SMILES string of the molecule is COc1ccnc(Cl)c1-c1cncn1-c1ccc(S(C)(=O)=O)cn1. The van der Waals surface area contributed by atoms with Crippen LogP contribution in [0.15, 0.2) is 48.0 Å². The second-order valence-corrected chi connectivity index (χ2v) is 7.33. The van der Waals surface area contributed by atoms with Gasteiger partial charge in [-0.15, -0.1) is 0 Å². The summed E-state index contributed by atoms with van der Waals surface area (Å²) in [5, 5.41) is 0.267. The summed E-state index contributed by atoms with van der Waals surface area (Å²) >= 11 is 6.21. The quantitative estimate of drug-likeness (QED) is 0.660. The van der Waals surface area contributed by atoms with Crippen molar-refractivity contribution in [2.45, 2.75) is 4.90 Å². The first-order chi connectivity index (χ1) is 11.4. The van der Waals surface area contributed by atoms with Gasteiger partial charge in [0.05, 0.1) is 29.5 Å². The molecule has 0 amide bonds. The maximum absolute atomic E-state index is 11.5. The number of hydrogen-bond acceptors (Lipinski definition) is 6. The number of aromatic nitrogens is 4. The predicted octanol–water partition coefficient (Wildman–Crippen LogP) is 2.39. The number of ether oxygens (including phenoxy) is 1. The Labute approximate surface area is 143 Å². The Balaban J connectivity index is 2.13. The maximum Gasteiger partial charge on any atom is 0.177 e. The zero-order valence-electron chi connectivity index (χ0n) is 12.8. The summed E-state index contributed by atoms with van der Waals surface area (Å²) in [7, 11) is -1.77. The van der Waals surface area contributed by atoms with Crippen molar-refractivity contribution in [3.05, 3.63) is 48.3 Å². The molecule has 0 aromatic carbocycles. The van der Waals surface area contributed by atoms with Crippen LogP contribution < -0.4 is 4.74 Å². The standard InChI is InChI=1S/C15H13ClN4O3S/c1-23-12-5-6-18-15(16)14(12)11-8-17-9-20(11)13-4-3-10(7-19-13)24(2,21)22/h3-9H,1-2H3. The minimum Gasteiger partial charge on any atom is -0.496 e.